The van der Waals surface area contributed by atoms with Crippen LogP contribution in [0.2, 0.25) is 5.15 Å². The number of aromatic nitrogens is 2. The van der Waals surface area contributed by atoms with Crippen LogP contribution >= 0.6 is 22.9 Å². The zero-order valence-electron chi connectivity index (χ0n) is 14.0. The molecule has 1 amide bonds. The fourth-order valence-corrected chi connectivity index (χ4v) is 5.67. The lowest BCUT2D eigenvalue weighted by Crippen LogP contribution is -2.23. The van der Waals surface area contributed by atoms with E-state index in [0.717, 1.165) is 4.90 Å². The quantitative estimate of drug-likeness (QED) is 0.626. The molecule has 1 N–H and O–H groups in total. The first-order valence-electron chi connectivity index (χ1n) is 7.63. The SMILES string of the molecule is CN(Cc1cc(S(=O)(=O)c2cccnc2)c(-c2cccnc2Cl)s1)C(=O)O. The number of rotatable bonds is 5. The molecule has 0 aromatic carbocycles. The van der Waals surface area contributed by atoms with E-state index in [9.17, 15) is 13.2 Å². The number of carboxylic acid groups (broad SMARTS) is 1. The van der Waals surface area contributed by atoms with Crippen molar-refractivity contribution in [1.29, 1.82) is 0 Å². The van der Waals surface area contributed by atoms with Gasteiger partial charge in [0.1, 0.15) is 5.15 Å². The third kappa shape index (κ3) is 3.95. The van der Waals surface area contributed by atoms with Crippen LogP contribution in [0, 0.1) is 0 Å². The molecule has 0 saturated heterocycles. The Hall–Kier alpha value is -2.49. The van der Waals surface area contributed by atoms with Gasteiger partial charge in [0.2, 0.25) is 9.84 Å². The van der Waals surface area contributed by atoms with Crippen LogP contribution in [0.4, 0.5) is 4.79 Å². The first-order chi connectivity index (χ1) is 12.8. The summed E-state index contributed by atoms with van der Waals surface area (Å²) in [5, 5.41) is 9.26. The number of hydrogen-bond acceptors (Lipinski definition) is 6. The largest absolute Gasteiger partial charge is 0.465 e. The van der Waals surface area contributed by atoms with Crippen molar-refractivity contribution < 1.29 is 18.3 Å². The summed E-state index contributed by atoms with van der Waals surface area (Å²) in [6.45, 7) is 0.0490. The third-order valence-corrected chi connectivity index (χ3v) is 7.05. The van der Waals surface area contributed by atoms with Crippen LogP contribution in [0.1, 0.15) is 4.88 Å². The fraction of sp³-hybridized carbons (Fsp3) is 0.118. The second kappa shape index (κ2) is 7.63. The third-order valence-electron chi connectivity index (χ3n) is 3.71. The zero-order valence-corrected chi connectivity index (χ0v) is 16.4. The van der Waals surface area contributed by atoms with Gasteiger partial charge in [0.25, 0.3) is 0 Å². The highest BCUT2D eigenvalue weighted by molar-refractivity contribution is 7.91. The maximum absolute atomic E-state index is 13.1. The lowest BCUT2D eigenvalue weighted by atomic mass is 10.2. The second-order valence-electron chi connectivity index (χ2n) is 5.58. The molecule has 0 aliphatic heterocycles. The van der Waals surface area contributed by atoms with E-state index < -0.39 is 15.9 Å². The van der Waals surface area contributed by atoms with E-state index in [4.69, 9.17) is 16.7 Å². The molecule has 0 aliphatic rings. The van der Waals surface area contributed by atoms with Crippen LogP contribution < -0.4 is 0 Å². The fourth-order valence-electron chi connectivity index (χ4n) is 2.38. The van der Waals surface area contributed by atoms with E-state index in [0.29, 0.717) is 15.3 Å². The Labute approximate surface area is 164 Å². The van der Waals surface area contributed by atoms with E-state index in [-0.39, 0.29) is 21.5 Å². The van der Waals surface area contributed by atoms with E-state index in [1.807, 2.05) is 0 Å². The van der Waals surface area contributed by atoms with Gasteiger partial charge in [0.05, 0.1) is 21.2 Å². The van der Waals surface area contributed by atoms with Crippen molar-refractivity contribution >= 4 is 38.9 Å². The van der Waals surface area contributed by atoms with Gasteiger partial charge in [-0.15, -0.1) is 11.3 Å². The van der Waals surface area contributed by atoms with Gasteiger partial charge in [-0.1, -0.05) is 11.6 Å². The minimum Gasteiger partial charge on any atom is -0.465 e. The van der Waals surface area contributed by atoms with Gasteiger partial charge in [-0.25, -0.2) is 18.2 Å². The molecule has 0 bridgehead atoms. The van der Waals surface area contributed by atoms with Crippen LogP contribution in [0.5, 0.6) is 0 Å². The molecule has 10 heteroatoms. The predicted molar refractivity (Wildman–Crippen MR) is 102 cm³/mol. The lowest BCUT2D eigenvalue weighted by molar-refractivity contribution is 0.154. The van der Waals surface area contributed by atoms with Crippen LogP contribution in [0.15, 0.2) is 58.7 Å². The second-order valence-corrected chi connectivity index (χ2v) is 8.99. The number of nitrogens with zero attached hydrogens (tertiary/aromatic N) is 3. The van der Waals surface area contributed by atoms with Gasteiger partial charge >= 0.3 is 6.09 Å². The summed E-state index contributed by atoms with van der Waals surface area (Å²) in [5.74, 6) is 0. The number of halogens is 1. The number of sulfone groups is 1. The van der Waals surface area contributed by atoms with E-state index in [2.05, 4.69) is 9.97 Å². The molecule has 27 heavy (non-hydrogen) atoms. The van der Waals surface area contributed by atoms with Gasteiger partial charge in [-0.05, 0) is 30.3 Å². The highest BCUT2D eigenvalue weighted by Gasteiger charge is 2.27. The lowest BCUT2D eigenvalue weighted by Gasteiger charge is -2.10. The molecular weight excluding hydrogens is 410 g/mol. The van der Waals surface area contributed by atoms with Gasteiger partial charge in [0.15, 0.2) is 0 Å². The molecule has 140 valence electrons. The van der Waals surface area contributed by atoms with Gasteiger partial charge < -0.3 is 10.0 Å². The summed E-state index contributed by atoms with van der Waals surface area (Å²) in [5.41, 5.74) is 0.468. The summed E-state index contributed by atoms with van der Waals surface area (Å²) in [6.07, 6.45) is 3.15. The van der Waals surface area contributed by atoms with Gasteiger partial charge in [0, 0.05) is 36.1 Å². The van der Waals surface area contributed by atoms with Crippen molar-refractivity contribution in [2.45, 2.75) is 16.3 Å². The normalized spacial score (nSPS) is 11.3. The van der Waals surface area contributed by atoms with Crippen molar-refractivity contribution in [1.82, 2.24) is 14.9 Å². The standard InChI is InChI=1S/C17H14ClN3O4S2/c1-21(17(22)23)10-11-8-14(27(24,25)12-4-2-6-19-9-12)15(26-11)13-5-3-7-20-16(13)18/h2-9H,10H2,1H3,(H,22,23). The number of carbonyl (C=O) groups is 1. The average Bonchev–Trinajstić information content (AvgIpc) is 3.07. The summed E-state index contributed by atoms with van der Waals surface area (Å²) in [7, 11) is -2.46. The molecule has 0 atom stereocenters. The molecule has 3 aromatic rings. The molecule has 0 saturated carbocycles. The smallest absolute Gasteiger partial charge is 0.407 e. The molecule has 0 spiro atoms. The Morgan fingerprint density at radius 2 is 2.04 bits per heavy atom. The molecule has 7 nitrogen and oxygen atoms in total. The maximum Gasteiger partial charge on any atom is 0.407 e. The predicted octanol–water partition coefficient (Wildman–Crippen LogP) is 3.80. The van der Waals surface area contributed by atoms with Crippen molar-refractivity contribution in [2.24, 2.45) is 0 Å². The van der Waals surface area contributed by atoms with Crippen LogP contribution in [0.25, 0.3) is 10.4 Å². The molecule has 0 unspecified atom stereocenters. The van der Waals surface area contributed by atoms with E-state index >= 15 is 0 Å². The Kier molecular flexibility index (Phi) is 5.45. The molecular formula is C17H14ClN3O4S2. The molecule has 0 aliphatic carbocycles. The maximum atomic E-state index is 13.1. The van der Waals surface area contributed by atoms with Gasteiger partial charge in [-0.3, -0.25) is 4.98 Å². The first kappa shape index (κ1) is 19.3. The Morgan fingerprint density at radius 1 is 1.30 bits per heavy atom. The van der Waals surface area contributed by atoms with Crippen LogP contribution in [0.3, 0.4) is 0 Å². The summed E-state index contributed by atoms with van der Waals surface area (Å²) in [6, 6.07) is 7.80. The average molecular weight is 424 g/mol. The number of thiophene rings is 1. The Balaban J connectivity index is 2.18. The summed E-state index contributed by atoms with van der Waals surface area (Å²) in [4.78, 5) is 21.1. The van der Waals surface area contributed by atoms with Crippen molar-refractivity contribution in [3.8, 4) is 10.4 Å². The Bertz CT molecular complexity index is 1080. The minimum atomic E-state index is -3.87. The zero-order chi connectivity index (χ0) is 19.6. The van der Waals surface area contributed by atoms with Crippen LogP contribution in [-0.4, -0.2) is 41.5 Å². The van der Waals surface area contributed by atoms with Gasteiger partial charge in [-0.2, -0.15) is 0 Å². The van der Waals surface area contributed by atoms with E-state index in [1.165, 1.54) is 55.2 Å². The monoisotopic (exact) mass is 423 g/mol. The van der Waals surface area contributed by atoms with Crippen LogP contribution in [-0.2, 0) is 16.4 Å². The topological polar surface area (TPSA) is 100 Å². The molecule has 3 aromatic heterocycles. The summed E-state index contributed by atoms with van der Waals surface area (Å²) < 4.78 is 26.3. The summed E-state index contributed by atoms with van der Waals surface area (Å²) >= 11 is 7.34. The highest BCUT2D eigenvalue weighted by Crippen LogP contribution is 2.40. The Morgan fingerprint density at radius 3 is 2.67 bits per heavy atom. The van der Waals surface area contributed by atoms with Crippen molar-refractivity contribution in [3.05, 3.63) is 59.0 Å². The minimum absolute atomic E-state index is 0.0437. The van der Waals surface area contributed by atoms with Crippen molar-refractivity contribution in [2.75, 3.05) is 7.05 Å². The first-order valence-corrected chi connectivity index (χ1v) is 10.3. The molecule has 3 rings (SSSR count). The number of hydrogen-bond donors (Lipinski definition) is 1. The number of amides is 1. The molecule has 0 radical (unpaired) electrons. The van der Waals surface area contributed by atoms with Crippen molar-refractivity contribution in [3.63, 3.8) is 0 Å². The molecule has 3 heterocycles. The molecule has 0 fully saturated rings. The highest BCUT2D eigenvalue weighted by atomic mass is 35.5. The van der Waals surface area contributed by atoms with E-state index in [1.54, 1.807) is 12.1 Å². The number of pyridine rings is 2.